The maximum absolute atomic E-state index is 12.5. The normalized spacial score (nSPS) is 24.9. The van der Waals surface area contributed by atoms with Gasteiger partial charge >= 0.3 is 0 Å². The predicted molar refractivity (Wildman–Crippen MR) is 98.9 cm³/mol. The number of piperidine rings is 1. The number of hydrogen-bond acceptors (Lipinski definition) is 4. The lowest BCUT2D eigenvalue weighted by atomic mass is 9.98. The van der Waals surface area contributed by atoms with Gasteiger partial charge in [0.05, 0.1) is 12.5 Å². The summed E-state index contributed by atoms with van der Waals surface area (Å²) in [6, 6.07) is 0. The van der Waals surface area contributed by atoms with Crippen LogP contribution >= 0.6 is 24.8 Å². The molecule has 24 heavy (non-hydrogen) atoms. The molecule has 1 N–H and O–H groups in total. The highest BCUT2D eigenvalue weighted by atomic mass is 35.5. The fourth-order valence-corrected chi connectivity index (χ4v) is 3.73. The van der Waals surface area contributed by atoms with Crippen molar-refractivity contribution in [2.45, 2.75) is 25.7 Å². The Morgan fingerprint density at radius 3 is 2.08 bits per heavy atom. The van der Waals surface area contributed by atoms with Crippen molar-refractivity contribution in [1.29, 1.82) is 0 Å². The molecular weight excluding hydrogens is 351 g/mol. The number of hydrogen-bond donors (Lipinski definition) is 1. The van der Waals surface area contributed by atoms with E-state index in [0.717, 1.165) is 39.0 Å². The Morgan fingerprint density at radius 1 is 0.875 bits per heavy atom. The number of nitrogens with zero attached hydrogens (tertiary/aromatic N) is 3. The molecule has 0 saturated carbocycles. The number of halogens is 2. The SMILES string of the molecule is Cl.Cl.O=C(CN1CCCC1)N1CCN(C(=O)C2CCCNC2)CC1. The molecular formula is C16H30Cl2N4O2. The summed E-state index contributed by atoms with van der Waals surface area (Å²) < 4.78 is 0. The van der Waals surface area contributed by atoms with Crippen LogP contribution in [0.1, 0.15) is 25.7 Å². The molecule has 3 aliphatic rings. The number of likely N-dealkylation sites (tertiary alicyclic amines) is 1. The number of rotatable bonds is 3. The number of piperazine rings is 1. The van der Waals surface area contributed by atoms with E-state index >= 15 is 0 Å². The molecule has 2 amide bonds. The van der Waals surface area contributed by atoms with E-state index in [0.29, 0.717) is 32.7 Å². The lowest BCUT2D eigenvalue weighted by Crippen LogP contribution is -2.54. The van der Waals surface area contributed by atoms with Crippen LogP contribution < -0.4 is 5.32 Å². The molecule has 0 aromatic carbocycles. The maximum atomic E-state index is 12.5. The van der Waals surface area contributed by atoms with Crippen LogP contribution in [0.25, 0.3) is 0 Å². The first-order valence-corrected chi connectivity index (χ1v) is 8.73. The molecule has 0 spiro atoms. The summed E-state index contributed by atoms with van der Waals surface area (Å²) in [6.45, 7) is 7.28. The average molecular weight is 381 g/mol. The molecule has 8 heteroatoms. The van der Waals surface area contributed by atoms with Gasteiger partial charge in [-0.25, -0.2) is 0 Å². The molecule has 3 aliphatic heterocycles. The summed E-state index contributed by atoms with van der Waals surface area (Å²) in [6.07, 6.45) is 4.51. The van der Waals surface area contributed by atoms with E-state index in [-0.39, 0.29) is 42.5 Å². The molecule has 0 aliphatic carbocycles. The third kappa shape index (κ3) is 5.48. The summed E-state index contributed by atoms with van der Waals surface area (Å²) in [4.78, 5) is 30.9. The van der Waals surface area contributed by atoms with Gasteiger partial charge in [0.1, 0.15) is 0 Å². The van der Waals surface area contributed by atoms with Gasteiger partial charge < -0.3 is 15.1 Å². The zero-order valence-corrected chi connectivity index (χ0v) is 15.9. The van der Waals surface area contributed by atoms with Crippen LogP contribution in [0.2, 0.25) is 0 Å². The third-order valence-electron chi connectivity index (χ3n) is 5.15. The van der Waals surface area contributed by atoms with Crippen molar-refractivity contribution in [2.24, 2.45) is 5.92 Å². The second-order valence-electron chi connectivity index (χ2n) is 6.73. The van der Waals surface area contributed by atoms with Crippen molar-refractivity contribution in [2.75, 3.05) is 58.9 Å². The van der Waals surface area contributed by atoms with Crippen LogP contribution in [0.15, 0.2) is 0 Å². The Balaban J connectivity index is 0.00000144. The first kappa shape index (κ1) is 21.5. The molecule has 140 valence electrons. The predicted octanol–water partition coefficient (Wildman–Crippen LogP) is 0.596. The maximum Gasteiger partial charge on any atom is 0.236 e. The standard InChI is InChI=1S/C16H28N4O2.2ClH/c21-15(13-18-6-1-2-7-18)19-8-10-20(11-9-19)16(22)14-4-3-5-17-12-14;;/h14,17H,1-13H2;2*1H. The summed E-state index contributed by atoms with van der Waals surface area (Å²) in [5.74, 6) is 0.646. The Hall–Kier alpha value is -0.560. The van der Waals surface area contributed by atoms with Crippen LogP contribution in [-0.4, -0.2) is 85.4 Å². The van der Waals surface area contributed by atoms with E-state index in [2.05, 4.69) is 10.2 Å². The fourth-order valence-electron chi connectivity index (χ4n) is 3.73. The van der Waals surface area contributed by atoms with E-state index in [1.165, 1.54) is 12.8 Å². The molecule has 3 rings (SSSR count). The minimum atomic E-state index is 0. The second-order valence-corrected chi connectivity index (χ2v) is 6.73. The molecule has 0 radical (unpaired) electrons. The highest BCUT2D eigenvalue weighted by molar-refractivity contribution is 5.85. The number of carbonyl (C=O) groups is 2. The topological polar surface area (TPSA) is 55.9 Å². The molecule has 3 heterocycles. The van der Waals surface area contributed by atoms with Gasteiger partial charge in [0.25, 0.3) is 0 Å². The van der Waals surface area contributed by atoms with E-state index in [1.807, 2.05) is 9.80 Å². The highest BCUT2D eigenvalue weighted by Gasteiger charge is 2.30. The monoisotopic (exact) mass is 380 g/mol. The van der Waals surface area contributed by atoms with E-state index < -0.39 is 0 Å². The van der Waals surface area contributed by atoms with Crippen molar-refractivity contribution in [3.8, 4) is 0 Å². The molecule has 3 fully saturated rings. The van der Waals surface area contributed by atoms with Gasteiger partial charge in [-0.2, -0.15) is 0 Å². The van der Waals surface area contributed by atoms with Gasteiger partial charge in [0.15, 0.2) is 0 Å². The Labute approximate surface area is 157 Å². The number of nitrogens with one attached hydrogen (secondary N) is 1. The molecule has 3 saturated heterocycles. The van der Waals surface area contributed by atoms with Crippen molar-refractivity contribution in [3.05, 3.63) is 0 Å². The van der Waals surface area contributed by atoms with Gasteiger partial charge in [0.2, 0.25) is 11.8 Å². The first-order valence-electron chi connectivity index (χ1n) is 8.73. The summed E-state index contributed by atoms with van der Waals surface area (Å²) >= 11 is 0. The Bertz CT molecular complexity index is 405. The lowest BCUT2D eigenvalue weighted by molar-refractivity contribution is -0.142. The summed E-state index contributed by atoms with van der Waals surface area (Å²) in [5.41, 5.74) is 0. The Morgan fingerprint density at radius 2 is 1.50 bits per heavy atom. The number of amides is 2. The molecule has 6 nitrogen and oxygen atoms in total. The zero-order chi connectivity index (χ0) is 15.4. The molecule has 0 aromatic rings. The van der Waals surface area contributed by atoms with Crippen LogP contribution in [-0.2, 0) is 9.59 Å². The highest BCUT2D eigenvalue weighted by Crippen LogP contribution is 2.15. The first-order chi connectivity index (χ1) is 10.7. The molecule has 0 aromatic heterocycles. The largest absolute Gasteiger partial charge is 0.339 e. The third-order valence-corrected chi connectivity index (χ3v) is 5.15. The van der Waals surface area contributed by atoms with Gasteiger partial charge in [0, 0.05) is 32.7 Å². The second kappa shape index (κ2) is 10.4. The quantitative estimate of drug-likeness (QED) is 0.778. The van der Waals surface area contributed by atoms with E-state index in [1.54, 1.807) is 0 Å². The van der Waals surface area contributed by atoms with Gasteiger partial charge in [-0.1, -0.05) is 0 Å². The molecule has 1 atom stereocenters. The van der Waals surface area contributed by atoms with Gasteiger partial charge in [-0.15, -0.1) is 24.8 Å². The summed E-state index contributed by atoms with van der Waals surface area (Å²) in [5, 5.41) is 3.30. The fraction of sp³-hybridized carbons (Fsp3) is 0.875. The number of carbonyl (C=O) groups excluding carboxylic acids is 2. The van der Waals surface area contributed by atoms with Crippen LogP contribution in [0.5, 0.6) is 0 Å². The Kier molecular flexibility index (Phi) is 9.34. The molecule has 0 bridgehead atoms. The summed E-state index contributed by atoms with van der Waals surface area (Å²) in [7, 11) is 0. The molecule has 1 unspecified atom stereocenters. The minimum Gasteiger partial charge on any atom is -0.339 e. The lowest BCUT2D eigenvalue weighted by Gasteiger charge is -2.37. The van der Waals surface area contributed by atoms with E-state index in [9.17, 15) is 9.59 Å². The van der Waals surface area contributed by atoms with Crippen LogP contribution in [0, 0.1) is 5.92 Å². The minimum absolute atomic E-state index is 0. The van der Waals surface area contributed by atoms with Crippen molar-refractivity contribution in [1.82, 2.24) is 20.0 Å². The van der Waals surface area contributed by atoms with Gasteiger partial charge in [-0.3, -0.25) is 14.5 Å². The van der Waals surface area contributed by atoms with Crippen molar-refractivity contribution < 1.29 is 9.59 Å². The smallest absolute Gasteiger partial charge is 0.236 e. The van der Waals surface area contributed by atoms with Crippen molar-refractivity contribution >= 4 is 36.6 Å². The average Bonchev–Trinajstić information content (AvgIpc) is 3.08. The van der Waals surface area contributed by atoms with E-state index in [4.69, 9.17) is 0 Å². The zero-order valence-electron chi connectivity index (χ0n) is 14.2. The van der Waals surface area contributed by atoms with Gasteiger partial charge in [-0.05, 0) is 45.3 Å². The van der Waals surface area contributed by atoms with Crippen LogP contribution in [0.4, 0.5) is 0 Å². The van der Waals surface area contributed by atoms with Crippen LogP contribution in [0.3, 0.4) is 0 Å². The van der Waals surface area contributed by atoms with Crippen molar-refractivity contribution in [3.63, 3.8) is 0 Å².